The van der Waals surface area contributed by atoms with Crippen molar-refractivity contribution in [3.63, 3.8) is 0 Å². The Labute approximate surface area is 200 Å². The number of amides is 4. The normalized spacial score (nSPS) is 15.6. The summed E-state index contributed by atoms with van der Waals surface area (Å²) in [6.45, 7) is 3.64. The minimum absolute atomic E-state index is 0.330. The fraction of sp³-hybridized carbons (Fsp3) is 0.250. The van der Waals surface area contributed by atoms with Gasteiger partial charge in [-0.05, 0) is 42.2 Å². The van der Waals surface area contributed by atoms with Crippen LogP contribution in [0.15, 0.2) is 84.9 Å². The van der Waals surface area contributed by atoms with Gasteiger partial charge in [0.15, 0.2) is 0 Å². The molecular formula is C28H29N3O3. The van der Waals surface area contributed by atoms with Crippen LogP contribution in [0.4, 0.5) is 10.5 Å². The summed E-state index contributed by atoms with van der Waals surface area (Å²) in [5.41, 5.74) is 2.48. The van der Waals surface area contributed by atoms with Gasteiger partial charge in [-0.1, -0.05) is 79.7 Å². The molecule has 0 radical (unpaired) electrons. The van der Waals surface area contributed by atoms with Crippen LogP contribution in [0.25, 0.3) is 0 Å². The number of hydrogen-bond acceptors (Lipinski definition) is 3. The van der Waals surface area contributed by atoms with Gasteiger partial charge in [-0.25, -0.2) is 9.69 Å². The Kier molecular flexibility index (Phi) is 6.77. The third-order valence-corrected chi connectivity index (χ3v) is 6.29. The van der Waals surface area contributed by atoms with Crippen LogP contribution in [0.5, 0.6) is 0 Å². The molecule has 174 valence electrons. The first kappa shape index (κ1) is 23.2. The molecule has 1 unspecified atom stereocenters. The molecule has 1 aliphatic rings. The molecule has 1 saturated heterocycles. The van der Waals surface area contributed by atoms with E-state index in [0.717, 1.165) is 28.0 Å². The quantitative estimate of drug-likeness (QED) is 0.496. The standard InChI is InChI=1S/C28H29N3O3/c1-3-21-14-16-24(17-15-21)29-25(32)20(2)31-26(33)28(30-27(31)34,18-22-10-6-4-7-11-22)19-23-12-8-5-9-13-23/h4-17,20H,3,18-19H2,1-2H3,(H,29,32)(H,30,34). The number of nitrogens with zero attached hydrogens (tertiary/aromatic N) is 1. The second-order valence-electron chi connectivity index (χ2n) is 8.73. The number of benzene rings is 3. The predicted molar refractivity (Wildman–Crippen MR) is 132 cm³/mol. The summed E-state index contributed by atoms with van der Waals surface area (Å²) >= 11 is 0. The molecule has 0 bridgehead atoms. The average Bonchev–Trinajstić information content (AvgIpc) is 3.08. The molecule has 3 aromatic rings. The van der Waals surface area contributed by atoms with Gasteiger partial charge in [0.25, 0.3) is 5.91 Å². The monoisotopic (exact) mass is 455 g/mol. The maximum absolute atomic E-state index is 13.8. The van der Waals surface area contributed by atoms with Crippen molar-refractivity contribution in [3.8, 4) is 0 Å². The Bertz CT molecular complexity index is 1120. The summed E-state index contributed by atoms with van der Waals surface area (Å²) in [6, 6.07) is 25.2. The van der Waals surface area contributed by atoms with Gasteiger partial charge in [0, 0.05) is 18.5 Å². The van der Waals surface area contributed by atoms with E-state index in [0.29, 0.717) is 18.5 Å². The highest BCUT2D eigenvalue weighted by molar-refractivity contribution is 6.11. The van der Waals surface area contributed by atoms with Gasteiger partial charge in [0.2, 0.25) is 5.91 Å². The van der Waals surface area contributed by atoms with Gasteiger partial charge in [0.05, 0.1) is 0 Å². The van der Waals surface area contributed by atoms with Crippen molar-refractivity contribution in [3.05, 3.63) is 102 Å². The molecule has 3 aromatic carbocycles. The Morgan fingerprint density at radius 3 is 1.88 bits per heavy atom. The lowest BCUT2D eigenvalue weighted by Gasteiger charge is -2.28. The Morgan fingerprint density at radius 1 is 0.853 bits per heavy atom. The minimum atomic E-state index is -1.17. The number of anilines is 1. The number of carbonyl (C=O) groups excluding carboxylic acids is 3. The van der Waals surface area contributed by atoms with Gasteiger partial charge in [0.1, 0.15) is 11.6 Å². The van der Waals surface area contributed by atoms with Gasteiger partial charge >= 0.3 is 6.03 Å². The first-order chi connectivity index (χ1) is 16.4. The highest BCUT2D eigenvalue weighted by atomic mass is 16.2. The highest BCUT2D eigenvalue weighted by Gasteiger charge is 2.53. The van der Waals surface area contributed by atoms with Crippen LogP contribution < -0.4 is 10.6 Å². The van der Waals surface area contributed by atoms with Crippen molar-refractivity contribution < 1.29 is 14.4 Å². The zero-order valence-electron chi connectivity index (χ0n) is 19.5. The molecule has 0 saturated carbocycles. The molecule has 0 spiro atoms. The van der Waals surface area contributed by atoms with E-state index in [1.54, 1.807) is 6.92 Å². The Morgan fingerprint density at radius 2 is 1.38 bits per heavy atom. The summed E-state index contributed by atoms with van der Waals surface area (Å²) in [6.07, 6.45) is 1.56. The molecular weight excluding hydrogens is 426 g/mol. The first-order valence-electron chi connectivity index (χ1n) is 11.6. The van der Waals surface area contributed by atoms with Crippen LogP contribution in [0.3, 0.4) is 0 Å². The molecule has 34 heavy (non-hydrogen) atoms. The first-order valence-corrected chi connectivity index (χ1v) is 11.6. The van der Waals surface area contributed by atoms with Gasteiger partial charge in [-0.15, -0.1) is 0 Å². The van der Waals surface area contributed by atoms with E-state index in [2.05, 4.69) is 17.6 Å². The molecule has 0 aromatic heterocycles. The molecule has 1 fully saturated rings. The zero-order valence-corrected chi connectivity index (χ0v) is 19.5. The molecule has 2 N–H and O–H groups in total. The van der Waals surface area contributed by atoms with Gasteiger partial charge in [-0.2, -0.15) is 0 Å². The van der Waals surface area contributed by atoms with Crippen LogP contribution in [-0.4, -0.2) is 34.3 Å². The molecule has 1 heterocycles. The smallest absolute Gasteiger partial charge is 0.324 e. The topological polar surface area (TPSA) is 78.5 Å². The second-order valence-corrected chi connectivity index (χ2v) is 8.73. The fourth-order valence-corrected chi connectivity index (χ4v) is 4.37. The molecule has 1 atom stereocenters. The number of imide groups is 1. The van der Waals surface area contributed by atoms with E-state index in [1.807, 2.05) is 84.9 Å². The molecule has 6 heteroatoms. The lowest BCUT2D eigenvalue weighted by atomic mass is 9.84. The van der Waals surface area contributed by atoms with E-state index < -0.39 is 29.4 Å². The summed E-state index contributed by atoms with van der Waals surface area (Å²) < 4.78 is 0. The molecule has 0 aliphatic carbocycles. The summed E-state index contributed by atoms with van der Waals surface area (Å²) in [5, 5.41) is 5.76. The number of urea groups is 1. The predicted octanol–water partition coefficient (Wildman–Crippen LogP) is 4.35. The van der Waals surface area contributed by atoms with E-state index in [-0.39, 0.29) is 0 Å². The molecule has 4 rings (SSSR count). The lowest BCUT2D eigenvalue weighted by molar-refractivity contribution is -0.136. The van der Waals surface area contributed by atoms with Crippen molar-refractivity contribution in [2.45, 2.75) is 44.7 Å². The fourth-order valence-electron chi connectivity index (χ4n) is 4.37. The summed E-state index contributed by atoms with van der Waals surface area (Å²) in [5.74, 6) is -0.808. The van der Waals surface area contributed by atoms with Crippen molar-refractivity contribution in [1.82, 2.24) is 10.2 Å². The van der Waals surface area contributed by atoms with E-state index in [4.69, 9.17) is 0 Å². The SMILES string of the molecule is CCc1ccc(NC(=O)C(C)N2C(=O)NC(Cc3ccccc3)(Cc3ccccc3)C2=O)cc1. The van der Waals surface area contributed by atoms with E-state index in [9.17, 15) is 14.4 Å². The Balaban J connectivity index is 1.58. The van der Waals surface area contributed by atoms with Crippen molar-refractivity contribution in [1.29, 1.82) is 0 Å². The maximum Gasteiger partial charge on any atom is 0.325 e. The minimum Gasteiger partial charge on any atom is -0.324 e. The molecule has 4 amide bonds. The van der Waals surface area contributed by atoms with E-state index >= 15 is 0 Å². The van der Waals surface area contributed by atoms with Crippen LogP contribution in [0.2, 0.25) is 0 Å². The van der Waals surface area contributed by atoms with Crippen LogP contribution in [0, 0.1) is 0 Å². The van der Waals surface area contributed by atoms with Crippen molar-refractivity contribution >= 4 is 23.5 Å². The third-order valence-electron chi connectivity index (χ3n) is 6.29. The Hall–Kier alpha value is -3.93. The van der Waals surface area contributed by atoms with Gasteiger partial charge < -0.3 is 10.6 Å². The maximum atomic E-state index is 13.8. The molecule has 6 nitrogen and oxygen atoms in total. The highest BCUT2D eigenvalue weighted by Crippen LogP contribution is 2.29. The second kappa shape index (κ2) is 9.91. The third kappa shape index (κ3) is 4.86. The van der Waals surface area contributed by atoms with Crippen LogP contribution >= 0.6 is 0 Å². The summed E-state index contributed by atoms with van der Waals surface area (Å²) in [7, 11) is 0. The number of rotatable bonds is 8. The number of aryl methyl sites for hydroxylation is 1. The largest absolute Gasteiger partial charge is 0.325 e. The average molecular weight is 456 g/mol. The zero-order chi connectivity index (χ0) is 24.1. The summed E-state index contributed by atoms with van der Waals surface area (Å²) in [4.78, 5) is 40.9. The van der Waals surface area contributed by atoms with Crippen LogP contribution in [-0.2, 0) is 28.9 Å². The number of nitrogens with one attached hydrogen (secondary N) is 2. The van der Waals surface area contributed by atoms with E-state index in [1.165, 1.54) is 0 Å². The lowest BCUT2D eigenvalue weighted by Crippen LogP contribution is -2.52. The van der Waals surface area contributed by atoms with Crippen LogP contribution in [0.1, 0.15) is 30.5 Å². The van der Waals surface area contributed by atoms with Crippen molar-refractivity contribution in [2.24, 2.45) is 0 Å². The van der Waals surface area contributed by atoms with Gasteiger partial charge in [-0.3, -0.25) is 9.59 Å². The number of carbonyl (C=O) groups is 3. The number of hydrogen-bond donors (Lipinski definition) is 2. The molecule has 1 aliphatic heterocycles. The van der Waals surface area contributed by atoms with Crippen molar-refractivity contribution in [2.75, 3.05) is 5.32 Å².